The zero-order chi connectivity index (χ0) is 17.3. The molecule has 0 radical (unpaired) electrons. The number of ether oxygens (including phenoxy) is 1. The van der Waals surface area contributed by atoms with E-state index in [0.717, 1.165) is 71.1 Å². The zero-order valence-electron chi connectivity index (χ0n) is 15.1. The summed E-state index contributed by atoms with van der Waals surface area (Å²) in [7, 11) is 0. The third-order valence-corrected chi connectivity index (χ3v) is 6.12. The van der Waals surface area contributed by atoms with Gasteiger partial charge < -0.3 is 14.5 Å². The molecule has 0 saturated carbocycles. The number of anilines is 1. The number of hydrogen-bond donors (Lipinski definition) is 0. The summed E-state index contributed by atoms with van der Waals surface area (Å²) in [6, 6.07) is 5.95. The lowest BCUT2D eigenvalue weighted by atomic mass is 9.87. The molecule has 2 unspecified atom stereocenters. The molecule has 4 heterocycles. The fraction of sp³-hybridized carbons (Fsp3) is 0.684. The summed E-state index contributed by atoms with van der Waals surface area (Å²) in [6.45, 7) is 9.11. The molecule has 136 valence electrons. The Morgan fingerprint density at radius 3 is 2.72 bits per heavy atom. The van der Waals surface area contributed by atoms with Crippen LogP contribution < -0.4 is 4.90 Å². The number of likely N-dealkylation sites (tertiary alicyclic amines) is 1. The highest BCUT2D eigenvalue weighted by Crippen LogP contribution is 2.39. The van der Waals surface area contributed by atoms with E-state index in [1.807, 2.05) is 29.3 Å². The largest absolute Gasteiger partial charge is 0.381 e. The van der Waals surface area contributed by atoms with Gasteiger partial charge in [-0.1, -0.05) is 6.07 Å². The van der Waals surface area contributed by atoms with Crippen molar-refractivity contribution in [2.24, 2.45) is 5.41 Å². The van der Waals surface area contributed by atoms with Gasteiger partial charge in [0.2, 0.25) is 5.91 Å². The number of amides is 1. The lowest BCUT2D eigenvalue weighted by molar-refractivity contribution is -0.136. The molecule has 1 amide bonds. The molecule has 2 atom stereocenters. The number of aromatic nitrogens is 1. The van der Waals surface area contributed by atoms with Gasteiger partial charge in [0.1, 0.15) is 5.82 Å². The Hall–Kier alpha value is -1.66. The van der Waals surface area contributed by atoms with Crippen molar-refractivity contribution in [1.29, 1.82) is 0 Å². The number of carbonyl (C=O) groups is 1. The Morgan fingerprint density at radius 1 is 1.20 bits per heavy atom. The van der Waals surface area contributed by atoms with Crippen LogP contribution in [0.15, 0.2) is 24.4 Å². The van der Waals surface area contributed by atoms with E-state index >= 15 is 0 Å². The molecule has 0 aromatic carbocycles. The zero-order valence-corrected chi connectivity index (χ0v) is 15.1. The summed E-state index contributed by atoms with van der Waals surface area (Å²) in [5.74, 6) is 1.28. The molecule has 3 aliphatic heterocycles. The van der Waals surface area contributed by atoms with Crippen LogP contribution in [-0.4, -0.2) is 79.2 Å². The molecule has 1 spiro atoms. The molecule has 4 rings (SSSR count). The first-order valence-corrected chi connectivity index (χ1v) is 9.43. The van der Waals surface area contributed by atoms with E-state index in [1.165, 1.54) is 0 Å². The van der Waals surface area contributed by atoms with Crippen LogP contribution in [0.1, 0.15) is 19.8 Å². The highest BCUT2D eigenvalue weighted by molar-refractivity contribution is 5.81. The maximum absolute atomic E-state index is 13.0. The maximum atomic E-state index is 13.0. The Kier molecular flexibility index (Phi) is 4.65. The Labute approximate surface area is 149 Å². The van der Waals surface area contributed by atoms with Crippen molar-refractivity contribution < 1.29 is 9.53 Å². The van der Waals surface area contributed by atoms with E-state index in [1.54, 1.807) is 0 Å². The quantitative estimate of drug-likeness (QED) is 0.825. The van der Waals surface area contributed by atoms with Gasteiger partial charge in [-0.2, -0.15) is 0 Å². The number of rotatable bonds is 3. The molecule has 1 aromatic rings. The lowest BCUT2D eigenvalue weighted by Crippen LogP contribution is -2.54. The van der Waals surface area contributed by atoms with Gasteiger partial charge in [-0.3, -0.25) is 9.69 Å². The smallest absolute Gasteiger partial charge is 0.239 e. The predicted octanol–water partition coefficient (Wildman–Crippen LogP) is 1.23. The van der Waals surface area contributed by atoms with Crippen LogP contribution >= 0.6 is 0 Å². The van der Waals surface area contributed by atoms with Crippen molar-refractivity contribution in [1.82, 2.24) is 14.8 Å². The van der Waals surface area contributed by atoms with E-state index < -0.39 is 0 Å². The first kappa shape index (κ1) is 16.8. The third kappa shape index (κ3) is 3.37. The molecular formula is C19H28N4O2. The second kappa shape index (κ2) is 6.92. The predicted molar refractivity (Wildman–Crippen MR) is 96.6 cm³/mol. The summed E-state index contributed by atoms with van der Waals surface area (Å²) in [5.41, 5.74) is 0.312. The molecule has 1 aromatic heterocycles. The van der Waals surface area contributed by atoms with Crippen LogP contribution in [0.3, 0.4) is 0 Å². The SMILES string of the molecule is CC(C(=O)N1CCN(c2ccccn2)CC1)N1CCC2(CCOC2)C1. The molecule has 3 fully saturated rings. The van der Waals surface area contributed by atoms with Gasteiger partial charge in [-0.05, 0) is 38.4 Å². The number of pyridine rings is 1. The van der Waals surface area contributed by atoms with Crippen molar-refractivity contribution in [2.75, 3.05) is 57.4 Å². The van der Waals surface area contributed by atoms with Crippen molar-refractivity contribution in [2.45, 2.75) is 25.8 Å². The summed E-state index contributed by atoms with van der Waals surface area (Å²) < 4.78 is 5.61. The minimum absolute atomic E-state index is 0.0265. The standard InChI is InChI=1S/C19H28N4O2/c1-16(23-8-5-19(14-23)6-13-25-15-19)18(24)22-11-9-21(10-12-22)17-4-2-3-7-20-17/h2-4,7,16H,5-6,8-15H2,1H3. The first-order valence-electron chi connectivity index (χ1n) is 9.43. The van der Waals surface area contributed by atoms with E-state index in [0.29, 0.717) is 5.41 Å². The number of piperazine rings is 1. The molecule has 0 bridgehead atoms. The molecule has 0 aliphatic carbocycles. The Morgan fingerprint density at radius 2 is 2.04 bits per heavy atom. The van der Waals surface area contributed by atoms with Gasteiger partial charge in [-0.15, -0.1) is 0 Å². The van der Waals surface area contributed by atoms with Gasteiger partial charge in [0.15, 0.2) is 0 Å². The molecule has 6 heteroatoms. The molecule has 25 heavy (non-hydrogen) atoms. The van der Waals surface area contributed by atoms with Gasteiger partial charge in [0, 0.05) is 50.9 Å². The van der Waals surface area contributed by atoms with Crippen molar-refractivity contribution in [3.63, 3.8) is 0 Å². The summed E-state index contributed by atoms with van der Waals surface area (Å²) >= 11 is 0. The molecule has 6 nitrogen and oxygen atoms in total. The van der Waals surface area contributed by atoms with Crippen molar-refractivity contribution >= 4 is 11.7 Å². The highest BCUT2D eigenvalue weighted by Gasteiger charge is 2.44. The maximum Gasteiger partial charge on any atom is 0.239 e. The van der Waals surface area contributed by atoms with Gasteiger partial charge in [0.25, 0.3) is 0 Å². The summed E-state index contributed by atoms with van der Waals surface area (Å²) in [4.78, 5) is 24.0. The van der Waals surface area contributed by atoms with E-state index in [4.69, 9.17) is 4.74 Å². The number of hydrogen-bond acceptors (Lipinski definition) is 5. The van der Waals surface area contributed by atoms with Crippen LogP contribution in [0.4, 0.5) is 5.82 Å². The fourth-order valence-corrected chi connectivity index (χ4v) is 4.39. The second-order valence-electron chi connectivity index (χ2n) is 7.70. The van der Waals surface area contributed by atoms with E-state index in [2.05, 4.69) is 21.7 Å². The van der Waals surface area contributed by atoms with Gasteiger partial charge in [0.05, 0.1) is 12.6 Å². The summed E-state index contributed by atoms with van der Waals surface area (Å²) in [6.07, 6.45) is 4.14. The minimum atomic E-state index is -0.0265. The van der Waals surface area contributed by atoms with Crippen LogP contribution in [0, 0.1) is 5.41 Å². The monoisotopic (exact) mass is 344 g/mol. The third-order valence-electron chi connectivity index (χ3n) is 6.12. The minimum Gasteiger partial charge on any atom is -0.381 e. The van der Waals surface area contributed by atoms with E-state index in [-0.39, 0.29) is 11.9 Å². The molecule has 3 saturated heterocycles. The van der Waals surface area contributed by atoms with Crippen LogP contribution in [0.25, 0.3) is 0 Å². The van der Waals surface area contributed by atoms with Crippen LogP contribution in [0.5, 0.6) is 0 Å². The van der Waals surface area contributed by atoms with Crippen molar-refractivity contribution in [3.8, 4) is 0 Å². The Bertz CT molecular complexity index is 595. The van der Waals surface area contributed by atoms with Gasteiger partial charge in [-0.25, -0.2) is 4.98 Å². The highest BCUT2D eigenvalue weighted by atomic mass is 16.5. The van der Waals surface area contributed by atoms with Crippen molar-refractivity contribution in [3.05, 3.63) is 24.4 Å². The molecule has 0 N–H and O–H groups in total. The Balaban J connectivity index is 1.31. The molecule has 3 aliphatic rings. The van der Waals surface area contributed by atoms with Crippen LogP contribution in [-0.2, 0) is 9.53 Å². The summed E-state index contributed by atoms with van der Waals surface area (Å²) in [5, 5.41) is 0. The number of carbonyl (C=O) groups excluding carboxylic acids is 1. The average Bonchev–Trinajstić information content (AvgIpc) is 3.31. The van der Waals surface area contributed by atoms with Crippen LogP contribution in [0.2, 0.25) is 0 Å². The average molecular weight is 344 g/mol. The van der Waals surface area contributed by atoms with Gasteiger partial charge >= 0.3 is 0 Å². The topological polar surface area (TPSA) is 48.9 Å². The van der Waals surface area contributed by atoms with E-state index in [9.17, 15) is 4.79 Å². The normalized spacial score (nSPS) is 28.7. The first-order chi connectivity index (χ1) is 12.2. The molecular weight excluding hydrogens is 316 g/mol. The number of nitrogens with zero attached hydrogens (tertiary/aromatic N) is 4. The lowest BCUT2D eigenvalue weighted by Gasteiger charge is -2.38. The fourth-order valence-electron chi connectivity index (χ4n) is 4.39. The second-order valence-corrected chi connectivity index (χ2v) is 7.70.